The summed E-state index contributed by atoms with van der Waals surface area (Å²) in [7, 11) is 0. The first kappa shape index (κ1) is 29.0. The average molecular weight is 445 g/mol. The Morgan fingerprint density at radius 1 is 1.04 bits per heavy atom. The Morgan fingerprint density at radius 2 is 1.62 bits per heavy atom. The van der Waals surface area contributed by atoms with Crippen LogP contribution in [0.5, 0.6) is 0 Å². The first-order valence-corrected chi connectivity index (χ1v) is 8.97. The summed E-state index contributed by atoms with van der Waals surface area (Å²) >= 11 is 0. The van der Waals surface area contributed by atoms with Crippen molar-refractivity contribution in [2.75, 3.05) is 0 Å². The van der Waals surface area contributed by atoms with Crippen molar-refractivity contribution in [1.29, 1.82) is 0 Å². The number of carbonyl (C=O) groups excluding carboxylic acids is 1. The average Bonchev–Trinajstić information content (AvgIpc) is 2.49. The maximum Gasteiger partial charge on any atom is 0.306 e. The number of unbranched alkanes of at least 4 members (excludes halogenated alkanes) is 1. The number of rotatable bonds is 8. The van der Waals surface area contributed by atoms with E-state index in [-0.39, 0.29) is 56.9 Å². The van der Waals surface area contributed by atoms with Crippen LogP contribution in [0.4, 0.5) is 0 Å². The van der Waals surface area contributed by atoms with Crippen molar-refractivity contribution >= 4 is 11.9 Å². The van der Waals surface area contributed by atoms with Crippen molar-refractivity contribution in [3.63, 3.8) is 0 Å². The zero-order valence-electron chi connectivity index (χ0n) is 16.0. The van der Waals surface area contributed by atoms with Gasteiger partial charge in [-0.05, 0) is 44.9 Å². The van der Waals surface area contributed by atoms with Crippen molar-refractivity contribution in [2.45, 2.75) is 97.5 Å². The van der Waals surface area contributed by atoms with E-state index in [4.69, 9.17) is 9.84 Å². The molecule has 1 saturated carbocycles. The predicted octanol–water partition coefficient (Wildman–Crippen LogP) is 4.94. The number of aliphatic carboxylic acids is 1. The Kier molecular flexibility index (Phi) is 23.5. The van der Waals surface area contributed by atoms with E-state index in [2.05, 4.69) is 6.92 Å². The molecule has 0 aromatic heterocycles. The topological polar surface area (TPSA) is 63.6 Å². The van der Waals surface area contributed by atoms with Gasteiger partial charge in [-0.15, -0.1) is 0 Å². The van der Waals surface area contributed by atoms with Gasteiger partial charge in [-0.25, -0.2) is 0 Å². The maximum atomic E-state index is 11.1. The summed E-state index contributed by atoms with van der Waals surface area (Å²) in [6.45, 7) is 6.01. The summed E-state index contributed by atoms with van der Waals surface area (Å²) in [6.07, 6.45) is 11.3. The van der Waals surface area contributed by atoms with Gasteiger partial charge in [0.2, 0.25) is 0 Å². The van der Waals surface area contributed by atoms with Gasteiger partial charge in [0.1, 0.15) is 6.10 Å². The molecule has 1 N–H and O–H groups in total. The molecule has 0 saturated heterocycles. The number of hydrogen-bond acceptors (Lipinski definition) is 3. The number of carboxylic acid groups (broad SMARTS) is 1. The normalized spacial score (nSPS) is 15.0. The van der Waals surface area contributed by atoms with E-state index in [1.54, 1.807) is 0 Å². The molecule has 134 valence electrons. The summed E-state index contributed by atoms with van der Waals surface area (Å²) < 4.78 is 5.29. The molecule has 1 unspecified atom stereocenters. The summed E-state index contributed by atoms with van der Waals surface area (Å²) in [6, 6.07) is 0. The van der Waals surface area contributed by atoms with Crippen LogP contribution in [0.25, 0.3) is 0 Å². The van der Waals surface area contributed by atoms with E-state index < -0.39 is 5.97 Å². The van der Waals surface area contributed by atoms with Crippen LogP contribution in [0.15, 0.2) is 0 Å². The molecule has 4 nitrogen and oxygen atoms in total. The van der Waals surface area contributed by atoms with E-state index in [0.29, 0.717) is 6.42 Å². The van der Waals surface area contributed by atoms with Gasteiger partial charge < -0.3 is 9.84 Å². The van der Waals surface area contributed by atoms with Gasteiger partial charge in [-0.1, -0.05) is 40.0 Å². The predicted molar refractivity (Wildman–Crippen MR) is 88.8 cm³/mol. The minimum atomic E-state index is -0.643. The summed E-state index contributed by atoms with van der Waals surface area (Å²) in [4.78, 5) is 21.5. The molecule has 0 amide bonds. The molecule has 0 spiro atoms. The quantitative estimate of drug-likeness (QED) is 0.425. The first-order valence-electron chi connectivity index (χ1n) is 8.97. The zero-order valence-corrected chi connectivity index (χ0v) is 22.0. The Hall–Kier alpha value is 0.187. The van der Waals surface area contributed by atoms with Gasteiger partial charge in [-0.3, -0.25) is 9.59 Å². The number of esters is 1. The van der Waals surface area contributed by atoms with Crippen molar-refractivity contribution in [2.24, 2.45) is 5.92 Å². The number of carbonyl (C=O) groups is 2. The molecule has 0 radical (unpaired) electrons. The molecule has 24 heavy (non-hydrogen) atoms. The molecule has 1 aliphatic carbocycles. The van der Waals surface area contributed by atoms with Crippen LogP contribution in [0.2, 0.25) is 0 Å². The molecule has 6 heteroatoms. The Balaban J connectivity index is -0.000000345. The van der Waals surface area contributed by atoms with E-state index in [9.17, 15) is 9.59 Å². The van der Waals surface area contributed by atoms with Crippen molar-refractivity contribution in [1.82, 2.24) is 0 Å². The van der Waals surface area contributed by atoms with E-state index in [0.717, 1.165) is 44.9 Å². The molecule has 1 rings (SSSR count). The third-order valence-electron chi connectivity index (χ3n) is 4.05. The summed E-state index contributed by atoms with van der Waals surface area (Å²) in [5.41, 5.74) is 0. The van der Waals surface area contributed by atoms with Gasteiger partial charge >= 0.3 is 11.9 Å². The smallest absolute Gasteiger partial charge is 0.306 e. The molecular formula is C18H34O4Zn2. The monoisotopic (exact) mass is 442 g/mol. The molecule has 0 heterocycles. The van der Waals surface area contributed by atoms with Crippen molar-refractivity contribution in [3.8, 4) is 0 Å². The third kappa shape index (κ3) is 15.7. The second kappa shape index (κ2) is 19.5. The molecule has 1 aliphatic rings. The van der Waals surface area contributed by atoms with Gasteiger partial charge in [0, 0.05) is 45.4 Å². The standard InChI is InChI=1S/C10H18O2.C8H16O2.2Zn/c1-2-6-10(11)12-9-7-4-3-5-8-9;1-3-5-6-7(4-2)8(9)10;;/h9H,2-8H2,1H3;7H,3-6H2,1-2H3,(H,9,10);;. The van der Waals surface area contributed by atoms with Crippen LogP contribution in [-0.4, -0.2) is 23.1 Å². The van der Waals surface area contributed by atoms with E-state index in [1.165, 1.54) is 19.3 Å². The summed E-state index contributed by atoms with van der Waals surface area (Å²) in [5.74, 6) is -0.764. The molecule has 1 fully saturated rings. The molecule has 0 bridgehead atoms. The van der Waals surface area contributed by atoms with Crippen LogP contribution in [0, 0.1) is 5.92 Å². The first-order chi connectivity index (χ1) is 10.5. The second-order valence-electron chi connectivity index (χ2n) is 6.09. The fourth-order valence-electron chi connectivity index (χ4n) is 2.58. The Labute approximate surface area is 173 Å². The van der Waals surface area contributed by atoms with Crippen molar-refractivity contribution in [3.05, 3.63) is 0 Å². The number of hydrogen-bond donors (Lipinski definition) is 1. The van der Waals surface area contributed by atoms with Crippen LogP contribution in [0.1, 0.15) is 91.4 Å². The van der Waals surface area contributed by atoms with Crippen LogP contribution in [0.3, 0.4) is 0 Å². The fraction of sp³-hybridized carbons (Fsp3) is 0.889. The molecule has 0 aromatic rings. The molecule has 1 atom stereocenters. The number of ether oxygens (including phenoxy) is 1. The van der Waals surface area contributed by atoms with E-state index in [1.807, 2.05) is 13.8 Å². The fourth-order valence-corrected chi connectivity index (χ4v) is 2.58. The Bertz CT molecular complexity index is 305. The van der Waals surface area contributed by atoms with Crippen LogP contribution in [-0.2, 0) is 53.3 Å². The largest absolute Gasteiger partial charge is 0.481 e. The second-order valence-corrected chi connectivity index (χ2v) is 6.09. The third-order valence-corrected chi connectivity index (χ3v) is 4.05. The van der Waals surface area contributed by atoms with Crippen LogP contribution < -0.4 is 0 Å². The molecular weight excluding hydrogens is 411 g/mol. The molecule has 0 aromatic carbocycles. The van der Waals surface area contributed by atoms with Gasteiger partial charge in [0.05, 0.1) is 5.92 Å². The minimum absolute atomic E-state index is 0. The van der Waals surface area contributed by atoms with Gasteiger partial charge in [0.15, 0.2) is 0 Å². The van der Waals surface area contributed by atoms with Crippen LogP contribution >= 0.6 is 0 Å². The van der Waals surface area contributed by atoms with Gasteiger partial charge in [0.25, 0.3) is 0 Å². The SMILES string of the molecule is CCCC(=O)OC1CCCCC1.CCCCC(CC)C(=O)O.[Zn].[Zn]. The van der Waals surface area contributed by atoms with Crippen molar-refractivity contribution < 1.29 is 58.4 Å². The number of carboxylic acids is 1. The maximum absolute atomic E-state index is 11.1. The van der Waals surface area contributed by atoms with Gasteiger partial charge in [-0.2, -0.15) is 0 Å². The van der Waals surface area contributed by atoms with E-state index >= 15 is 0 Å². The minimum Gasteiger partial charge on any atom is -0.481 e. The Morgan fingerprint density at radius 3 is 2.04 bits per heavy atom. The molecule has 0 aliphatic heterocycles. The zero-order chi connectivity index (χ0) is 16.8. The summed E-state index contributed by atoms with van der Waals surface area (Å²) in [5, 5.41) is 8.60.